The number of nitrogens with one attached hydrogen (secondary N) is 2. The molecule has 3 amide bonds. The molecule has 3 aromatic rings. The Kier molecular flexibility index (Phi) is 15.3. The van der Waals surface area contributed by atoms with Gasteiger partial charge < -0.3 is 40.1 Å². The van der Waals surface area contributed by atoms with Crippen LogP contribution in [0.25, 0.3) is 0 Å². The third-order valence-corrected chi connectivity index (χ3v) is 9.74. The van der Waals surface area contributed by atoms with Crippen LogP contribution in [0.1, 0.15) is 85.1 Å². The van der Waals surface area contributed by atoms with E-state index < -0.39 is 36.0 Å². The van der Waals surface area contributed by atoms with E-state index in [0.717, 1.165) is 12.8 Å². The fraction of sp³-hybridized carbons (Fsp3) is 0.421. The van der Waals surface area contributed by atoms with E-state index in [2.05, 4.69) is 42.5 Å². The monoisotopic (exact) mass is 845 g/mol. The number of carbonyl (C=O) groups is 4. The number of carbonyl (C=O) groups excluding carboxylic acids is 4. The first-order chi connectivity index (χ1) is 24.9. The SMILES string of the molecule is COCOc1c(Br)cc(Br)cc1C(Oc1ccc(CC(NC(C)=O)C(=O)NC(C)c2ccc(OCC3CCCCC3)c(C(N)=O)c2)cc1)C(=O)OC. The second kappa shape index (κ2) is 19.6. The topological polar surface area (TPSA) is 165 Å². The van der Waals surface area contributed by atoms with Crippen molar-refractivity contribution in [3.8, 4) is 17.2 Å². The van der Waals surface area contributed by atoms with Gasteiger partial charge in [-0.15, -0.1) is 0 Å². The molecule has 52 heavy (non-hydrogen) atoms. The van der Waals surface area contributed by atoms with E-state index in [0.29, 0.717) is 55.4 Å². The second-order valence-electron chi connectivity index (χ2n) is 12.6. The summed E-state index contributed by atoms with van der Waals surface area (Å²) in [6.45, 7) is 3.58. The molecule has 280 valence electrons. The standard InChI is InChI=1S/C38H45Br2N3O9/c1-22(26-12-15-33(29(17-26)36(41)45)50-20-25-8-6-5-7-9-25)42-37(46)32(43-23(2)44)16-24-10-13-28(14-11-24)52-35(38(47)49-4)30-18-27(39)19-31(40)34(30)51-21-48-3/h10-15,17-19,22,25,32,35H,5-9,16,20-21H2,1-4H3,(H2,41,45)(H,42,46)(H,43,44). The van der Waals surface area contributed by atoms with Crippen LogP contribution in [-0.2, 0) is 30.3 Å². The maximum Gasteiger partial charge on any atom is 0.351 e. The Morgan fingerprint density at radius 1 is 0.923 bits per heavy atom. The molecule has 3 atom stereocenters. The molecule has 14 heteroatoms. The van der Waals surface area contributed by atoms with Crippen molar-refractivity contribution in [1.29, 1.82) is 0 Å². The van der Waals surface area contributed by atoms with Gasteiger partial charge in [0.15, 0.2) is 6.79 Å². The molecule has 4 rings (SSSR count). The molecule has 0 radical (unpaired) electrons. The van der Waals surface area contributed by atoms with Crippen molar-refractivity contribution in [2.75, 3.05) is 27.6 Å². The van der Waals surface area contributed by atoms with Crippen LogP contribution in [0.15, 0.2) is 63.5 Å². The first-order valence-corrected chi connectivity index (χ1v) is 18.6. The minimum Gasteiger partial charge on any atom is -0.492 e. The summed E-state index contributed by atoms with van der Waals surface area (Å²) in [6.07, 6.45) is 4.78. The number of primary amides is 1. The van der Waals surface area contributed by atoms with Crippen molar-refractivity contribution < 1.29 is 42.9 Å². The number of methoxy groups -OCH3 is 2. The zero-order valence-corrected chi connectivity index (χ0v) is 32.8. The predicted molar refractivity (Wildman–Crippen MR) is 201 cm³/mol. The number of rotatable bonds is 17. The van der Waals surface area contributed by atoms with Crippen molar-refractivity contribution in [3.05, 3.63) is 85.8 Å². The quantitative estimate of drug-likeness (QED) is 0.102. The van der Waals surface area contributed by atoms with Crippen LogP contribution in [0.2, 0.25) is 0 Å². The van der Waals surface area contributed by atoms with Gasteiger partial charge in [-0.3, -0.25) is 14.4 Å². The molecule has 1 aliphatic carbocycles. The summed E-state index contributed by atoms with van der Waals surface area (Å²) in [5, 5.41) is 5.67. The average Bonchev–Trinajstić information content (AvgIpc) is 3.12. The molecule has 4 N–H and O–H groups in total. The number of halogens is 2. The van der Waals surface area contributed by atoms with Crippen LogP contribution in [0.5, 0.6) is 17.2 Å². The number of hydrogen-bond donors (Lipinski definition) is 3. The highest BCUT2D eigenvalue weighted by molar-refractivity contribution is 9.11. The Balaban J connectivity index is 1.46. The summed E-state index contributed by atoms with van der Waals surface area (Å²) in [4.78, 5) is 50.9. The van der Waals surface area contributed by atoms with Gasteiger partial charge in [0.1, 0.15) is 23.3 Å². The molecule has 0 aliphatic heterocycles. The van der Waals surface area contributed by atoms with Crippen molar-refractivity contribution in [2.45, 2.75) is 70.6 Å². The van der Waals surface area contributed by atoms with Gasteiger partial charge in [-0.1, -0.05) is 53.4 Å². The Hall–Kier alpha value is -4.14. The van der Waals surface area contributed by atoms with Crippen LogP contribution in [-0.4, -0.2) is 57.4 Å². The van der Waals surface area contributed by atoms with Crippen LogP contribution in [0.4, 0.5) is 0 Å². The number of hydrogen-bond acceptors (Lipinski definition) is 9. The van der Waals surface area contributed by atoms with Crippen molar-refractivity contribution in [2.24, 2.45) is 11.7 Å². The van der Waals surface area contributed by atoms with Gasteiger partial charge >= 0.3 is 5.97 Å². The Labute approximate surface area is 320 Å². The molecule has 0 heterocycles. The van der Waals surface area contributed by atoms with E-state index >= 15 is 0 Å². The summed E-state index contributed by atoms with van der Waals surface area (Å²) in [7, 11) is 2.74. The number of nitrogens with two attached hydrogens (primary N) is 1. The van der Waals surface area contributed by atoms with Gasteiger partial charge in [0, 0.05) is 30.5 Å². The number of amides is 3. The Bertz CT molecular complexity index is 1710. The highest BCUT2D eigenvalue weighted by Crippen LogP contribution is 2.39. The highest BCUT2D eigenvalue weighted by Gasteiger charge is 2.30. The van der Waals surface area contributed by atoms with E-state index in [1.807, 2.05) is 0 Å². The van der Waals surface area contributed by atoms with Crippen molar-refractivity contribution in [1.82, 2.24) is 10.6 Å². The molecule has 3 unspecified atom stereocenters. The van der Waals surface area contributed by atoms with Gasteiger partial charge in [-0.25, -0.2) is 4.79 Å². The smallest absolute Gasteiger partial charge is 0.351 e. The molecule has 0 spiro atoms. The molecule has 12 nitrogen and oxygen atoms in total. The number of benzene rings is 3. The normalized spacial score (nSPS) is 14.7. The first-order valence-electron chi connectivity index (χ1n) is 17.0. The molecular weight excluding hydrogens is 802 g/mol. The number of ether oxygens (including phenoxy) is 5. The van der Waals surface area contributed by atoms with E-state index in [1.54, 1.807) is 61.5 Å². The molecule has 1 fully saturated rings. The lowest BCUT2D eigenvalue weighted by Gasteiger charge is -2.23. The van der Waals surface area contributed by atoms with Gasteiger partial charge in [0.2, 0.25) is 17.9 Å². The van der Waals surface area contributed by atoms with Crippen LogP contribution < -0.4 is 30.6 Å². The molecule has 1 aliphatic rings. The molecule has 3 aromatic carbocycles. The summed E-state index contributed by atoms with van der Waals surface area (Å²) < 4.78 is 29.2. The maximum absolute atomic E-state index is 13.5. The Morgan fingerprint density at radius 2 is 1.63 bits per heavy atom. The molecule has 0 saturated heterocycles. The minimum absolute atomic E-state index is 0.0619. The fourth-order valence-electron chi connectivity index (χ4n) is 6.02. The molecule has 1 saturated carbocycles. The third-order valence-electron chi connectivity index (χ3n) is 8.69. The number of esters is 1. The van der Waals surface area contributed by atoms with Gasteiger partial charge in [0.05, 0.1) is 29.8 Å². The zero-order valence-electron chi connectivity index (χ0n) is 29.7. The van der Waals surface area contributed by atoms with Crippen LogP contribution in [0.3, 0.4) is 0 Å². The lowest BCUT2D eigenvalue weighted by molar-refractivity contribution is -0.149. The Morgan fingerprint density at radius 3 is 2.27 bits per heavy atom. The maximum atomic E-state index is 13.5. The van der Waals surface area contributed by atoms with Crippen LogP contribution >= 0.6 is 31.9 Å². The molecule has 0 aromatic heterocycles. The second-order valence-corrected chi connectivity index (χ2v) is 14.4. The molecule has 0 bridgehead atoms. The third kappa shape index (κ3) is 11.4. The summed E-state index contributed by atoms with van der Waals surface area (Å²) in [5.41, 5.74) is 7.72. The molecular formula is C38H45Br2N3O9. The first kappa shape index (κ1) is 40.6. The minimum atomic E-state index is -1.19. The van der Waals surface area contributed by atoms with Gasteiger partial charge in [-0.2, -0.15) is 0 Å². The van der Waals surface area contributed by atoms with Crippen LogP contribution in [0, 0.1) is 5.92 Å². The summed E-state index contributed by atoms with van der Waals surface area (Å²) >= 11 is 6.92. The lowest BCUT2D eigenvalue weighted by Crippen LogP contribution is -2.48. The summed E-state index contributed by atoms with van der Waals surface area (Å²) in [6, 6.07) is 13.9. The van der Waals surface area contributed by atoms with E-state index in [-0.39, 0.29) is 24.7 Å². The lowest BCUT2D eigenvalue weighted by atomic mass is 9.90. The zero-order chi connectivity index (χ0) is 37.8. The van der Waals surface area contributed by atoms with E-state index in [4.69, 9.17) is 29.4 Å². The average molecular weight is 848 g/mol. The van der Waals surface area contributed by atoms with Crippen molar-refractivity contribution in [3.63, 3.8) is 0 Å². The predicted octanol–water partition coefficient (Wildman–Crippen LogP) is 6.47. The van der Waals surface area contributed by atoms with Gasteiger partial charge in [0.25, 0.3) is 5.91 Å². The van der Waals surface area contributed by atoms with Crippen molar-refractivity contribution >= 4 is 55.6 Å². The van der Waals surface area contributed by atoms with E-state index in [9.17, 15) is 19.2 Å². The highest BCUT2D eigenvalue weighted by atomic mass is 79.9. The van der Waals surface area contributed by atoms with E-state index in [1.165, 1.54) is 40.4 Å². The van der Waals surface area contributed by atoms with Gasteiger partial charge in [-0.05, 0) is 89.1 Å². The fourth-order valence-corrected chi connectivity index (χ4v) is 7.39. The summed E-state index contributed by atoms with van der Waals surface area (Å²) in [5.74, 6) is -0.508. The largest absolute Gasteiger partial charge is 0.492 e.